The van der Waals surface area contributed by atoms with Crippen LogP contribution in [0.2, 0.25) is 0 Å². The van der Waals surface area contributed by atoms with Gasteiger partial charge >= 0.3 is 5.97 Å². The number of methoxy groups -OCH3 is 1. The number of nitrogens with one attached hydrogen (secondary N) is 1. The van der Waals surface area contributed by atoms with Gasteiger partial charge in [-0.1, -0.05) is 0 Å². The molecular weight excluding hydrogens is 345 g/mol. The van der Waals surface area contributed by atoms with Crippen molar-refractivity contribution in [2.45, 2.75) is 0 Å². The van der Waals surface area contributed by atoms with Crippen LogP contribution in [-0.2, 0) is 9.53 Å². The van der Waals surface area contributed by atoms with Crippen molar-refractivity contribution >= 4 is 39.0 Å². The zero-order valence-corrected chi connectivity index (χ0v) is 14.1. The van der Waals surface area contributed by atoms with Gasteiger partial charge in [-0.05, 0) is 53.9 Å². The van der Waals surface area contributed by atoms with Crippen LogP contribution >= 0.6 is 11.3 Å². The van der Waals surface area contributed by atoms with Gasteiger partial charge < -0.3 is 14.8 Å². The number of benzene rings is 2. The number of anilines is 1. The third-order valence-electron chi connectivity index (χ3n) is 3.39. The van der Waals surface area contributed by atoms with Crippen LogP contribution in [0.4, 0.5) is 10.1 Å². The van der Waals surface area contributed by atoms with Gasteiger partial charge in [-0.2, -0.15) is 0 Å². The molecule has 5 nitrogen and oxygen atoms in total. The zero-order chi connectivity index (χ0) is 17.8. The maximum atomic E-state index is 13.2. The number of thiophene rings is 1. The first kappa shape index (κ1) is 16.9. The van der Waals surface area contributed by atoms with Gasteiger partial charge in [0, 0.05) is 10.4 Å². The molecular formula is C18H14FNO4S. The minimum absolute atomic E-state index is 0.317. The van der Waals surface area contributed by atoms with Crippen molar-refractivity contribution in [1.29, 1.82) is 0 Å². The molecule has 1 aromatic heterocycles. The molecule has 0 aliphatic heterocycles. The van der Waals surface area contributed by atoms with Crippen LogP contribution in [0, 0.1) is 5.82 Å². The normalized spacial score (nSPS) is 10.5. The minimum atomic E-state index is -0.619. The highest BCUT2D eigenvalue weighted by molar-refractivity contribution is 7.20. The lowest BCUT2D eigenvalue weighted by Gasteiger charge is -2.06. The smallest absolute Gasteiger partial charge is 0.348 e. The summed E-state index contributed by atoms with van der Waals surface area (Å²) in [5.41, 5.74) is 0.569. The summed E-state index contributed by atoms with van der Waals surface area (Å²) in [5.74, 6) is -0.771. The topological polar surface area (TPSA) is 64.6 Å². The Hall–Kier alpha value is -2.93. The van der Waals surface area contributed by atoms with E-state index in [1.165, 1.54) is 23.5 Å². The third-order valence-corrected chi connectivity index (χ3v) is 4.48. The molecule has 0 saturated carbocycles. The first-order valence-electron chi connectivity index (χ1n) is 7.35. The Morgan fingerprint density at radius 2 is 1.88 bits per heavy atom. The third kappa shape index (κ3) is 4.13. The predicted octanol–water partition coefficient (Wildman–Crippen LogP) is 3.84. The molecule has 0 unspecified atom stereocenters. The standard InChI is InChI=1S/C18H14FNO4S/c1-23-14-5-3-13(4-6-14)20-17(21)10-24-18(22)16-9-11-8-12(19)2-7-15(11)25-16/h2-9H,10H2,1H3,(H,20,21). The second kappa shape index (κ2) is 7.31. The van der Waals surface area contributed by atoms with Crippen LogP contribution in [0.15, 0.2) is 48.5 Å². The molecule has 0 bridgehead atoms. The summed E-state index contributed by atoms with van der Waals surface area (Å²) >= 11 is 1.19. The fraction of sp³-hybridized carbons (Fsp3) is 0.111. The molecule has 25 heavy (non-hydrogen) atoms. The number of fused-ring (bicyclic) bond motifs is 1. The van der Waals surface area contributed by atoms with E-state index in [0.717, 1.165) is 4.70 Å². The lowest BCUT2D eigenvalue weighted by Crippen LogP contribution is -2.20. The molecule has 7 heteroatoms. The number of ether oxygens (including phenoxy) is 2. The molecule has 1 amide bonds. The monoisotopic (exact) mass is 359 g/mol. The van der Waals surface area contributed by atoms with Crippen LogP contribution in [0.5, 0.6) is 5.75 Å². The first-order valence-corrected chi connectivity index (χ1v) is 8.17. The fourth-order valence-electron chi connectivity index (χ4n) is 2.19. The Morgan fingerprint density at radius 3 is 2.60 bits per heavy atom. The minimum Gasteiger partial charge on any atom is -0.497 e. The molecule has 0 fully saturated rings. The number of rotatable bonds is 5. The second-order valence-electron chi connectivity index (χ2n) is 5.15. The number of hydrogen-bond acceptors (Lipinski definition) is 5. The van der Waals surface area contributed by atoms with Crippen molar-refractivity contribution in [3.8, 4) is 5.75 Å². The number of carbonyl (C=O) groups is 2. The molecule has 0 saturated heterocycles. The average Bonchev–Trinajstić information content (AvgIpc) is 3.03. The van der Waals surface area contributed by atoms with Crippen LogP contribution in [0.1, 0.15) is 9.67 Å². The Kier molecular flexibility index (Phi) is 4.95. The Morgan fingerprint density at radius 1 is 1.12 bits per heavy atom. The van der Waals surface area contributed by atoms with Crippen molar-refractivity contribution in [3.63, 3.8) is 0 Å². The summed E-state index contributed by atoms with van der Waals surface area (Å²) in [6.07, 6.45) is 0. The van der Waals surface area contributed by atoms with Crippen molar-refractivity contribution < 1.29 is 23.5 Å². The van der Waals surface area contributed by atoms with Gasteiger partial charge in [-0.25, -0.2) is 9.18 Å². The largest absolute Gasteiger partial charge is 0.497 e. The van der Waals surface area contributed by atoms with Crippen LogP contribution in [-0.4, -0.2) is 25.6 Å². The van der Waals surface area contributed by atoms with Crippen LogP contribution in [0.3, 0.4) is 0 Å². The molecule has 0 aliphatic carbocycles. The van der Waals surface area contributed by atoms with Gasteiger partial charge in [0.25, 0.3) is 5.91 Å². The lowest BCUT2D eigenvalue weighted by atomic mass is 10.2. The van der Waals surface area contributed by atoms with E-state index in [1.807, 2.05) is 0 Å². The van der Waals surface area contributed by atoms with Gasteiger partial charge in [-0.15, -0.1) is 11.3 Å². The van der Waals surface area contributed by atoms with E-state index < -0.39 is 18.5 Å². The lowest BCUT2D eigenvalue weighted by molar-refractivity contribution is -0.119. The summed E-state index contributed by atoms with van der Waals surface area (Å²) < 4.78 is 24.0. The highest BCUT2D eigenvalue weighted by atomic mass is 32.1. The quantitative estimate of drug-likeness (QED) is 0.703. The van der Waals surface area contributed by atoms with E-state index in [0.29, 0.717) is 21.7 Å². The van der Waals surface area contributed by atoms with Gasteiger partial charge in [-0.3, -0.25) is 4.79 Å². The Bertz CT molecular complexity index is 920. The van der Waals surface area contributed by atoms with E-state index >= 15 is 0 Å². The summed E-state index contributed by atoms with van der Waals surface area (Å²) in [6.45, 7) is -0.409. The molecule has 1 N–H and O–H groups in total. The zero-order valence-electron chi connectivity index (χ0n) is 13.2. The van der Waals surface area contributed by atoms with Crippen LogP contribution < -0.4 is 10.1 Å². The number of amides is 1. The molecule has 2 aromatic carbocycles. The number of hydrogen-bond donors (Lipinski definition) is 1. The molecule has 1 heterocycles. The first-order chi connectivity index (χ1) is 12.0. The van der Waals surface area contributed by atoms with Gasteiger partial charge in [0.15, 0.2) is 6.61 Å². The molecule has 0 atom stereocenters. The number of halogens is 1. The molecule has 3 aromatic rings. The molecule has 0 radical (unpaired) electrons. The summed E-state index contributed by atoms with van der Waals surface area (Å²) in [4.78, 5) is 24.2. The molecule has 0 spiro atoms. The Balaban J connectivity index is 1.57. The summed E-state index contributed by atoms with van der Waals surface area (Å²) in [7, 11) is 1.55. The molecule has 3 rings (SSSR count). The Labute approximate surface area is 147 Å². The molecule has 128 valence electrons. The van der Waals surface area contributed by atoms with Crippen molar-refractivity contribution in [3.05, 3.63) is 59.2 Å². The summed E-state index contributed by atoms with van der Waals surface area (Å²) in [6, 6.07) is 12.6. The van der Waals surface area contributed by atoms with E-state index in [9.17, 15) is 14.0 Å². The average molecular weight is 359 g/mol. The van der Waals surface area contributed by atoms with Gasteiger partial charge in [0.2, 0.25) is 0 Å². The van der Waals surface area contributed by atoms with Crippen molar-refractivity contribution in [2.24, 2.45) is 0 Å². The maximum absolute atomic E-state index is 13.2. The molecule has 0 aliphatic rings. The van der Waals surface area contributed by atoms with Crippen molar-refractivity contribution in [2.75, 3.05) is 19.0 Å². The number of carbonyl (C=O) groups excluding carboxylic acids is 2. The van der Waals surface area contributed by atoms with Gasteiger partial charge in [0.1, 0.15) is 16.4 Å². The fourth-order valence-corrected chi connectivity index (χ4v) is 3.13. The summed E-state index contributed by atoms with van der Waals surface area (Å²) in [5, 5.41) is 3.24. The second-order valence-corrected chi connectivity index (χ2v) is 6.23. The van der Waals surface area contributed by atoms with Crippen molar-refractivity contribution in [1.82, 2.24) is 0 Å². The number of esters is 1. The van der Waals surface area contributed by atoms with Crippen LogP contribution in [0.25, 0.3) is 10.1 Å². The highest BCUT2D eigenvalue weighted by Crippen LogP contribution is 2.26. The van der Waals surface area contributed by atoms with Gasteiger partial charge in [0.05, 0.1) is 7.11 Å². The SMILES string of the molecule is COc1ccc(NC(=O)COC(=O)c2cc3cc(F)ccc3s2)cc1. The van der Waals surface area contributed by atoms with E-state index in [1.54, 1.807) is 43.5 Å². The van der Waals surface area contributed by atoms with E-state index in [-0.39, 0.29) is 5.82 Å². The van der Waals surface area contributed by atoms with E-state index in [2.05, 4.69) is 5.32 Å². The van der Waals surface area contributed by atoms with E-state index in [4.69, 9.17) is 9.47 Å². The predicted molar refractivity (Wildman–Crippen MR) is 93.7 cm³/mol. The highest BCUT2D eigenvalue weighted by Gasteiger charge is 2.14. The maximum Gasteiger partial charge on any atom is 0.348 e.